The molecule has 0 radical (unpaired) electrons. The maximum Gasteiger partial charge on any atom is 0.243 e. The van der Waals surface area contributed by atoms with E-state index >= 15 is 0 Å². The van der Waals surface area contributed by atoms with Crippen molar-refractivity contribution in [3.8, 4) is 5.75 Å². The van der Waals surface area contributed by atoms with Gasteiger partial charge in [0.2, 0.25) is 10.0 Å². The molecule has 11 heteroatoms. The second-order valence-corrected chi connectivity index (χ2v) is 8.09. The van der Waals surface area contributed by atoms with Crippen molar-refractivity contribution in [3.05, 3.63) is 30.6 Å². The van der Waals surface area contributed by atoms with Crippen LogP contribution in [0.1, 0.15) is 0 Å². The fourth-order valence-corrected chi connectivity index (χ4v) is 4.53. The van der Waals surface area contributed by atoms with E-state index < -0.39 is 10.0 Å². The van der Waals surface area contributed by atoms with E-state index in [1.165, 1.54) is 10.6 Å². The van der Waals surface area contributed by atoms with Crippen LogP contribution in [0.3, 0.4) is 0 Å². The largest absolute Gasteiger partial charge is 0.497 e. The molecule has 0 amide bonds. The zero-order valence-electron chi connectivity index (χ0n) is 15.0. The zero-order valence-corrected chi connectivity index (χ0v) is 15.8. The van der Waals surface area contributed by atoms with Gasteiger partial charge in [0, 0.05) is 33.2 Å². The molecule has 4 rings (SSSR count). The monoisotopic (exact) mass is 389 g/mol. The quantitative estimate of drug-likeness (QED) is 0.626. The van der Waals surface area contributed by atoms with Crippen LogP contribution < -0.4 is 9.64 Å². The maximum absolute atomic E-state index is 12.9. The SMILES string of the molecule is COc1ccc(S(=O)(=O)N2CCN(c3ncnc4c3nnn4C)CC2)cc1. The molecule has 0 spiro atoms. The summed E-state index contributed by atoms with van der Waals surface area (Å²) in [6.07, 6.45) is 1.47. The molecular weight excluding hydrogens is 370 g/mol. The van der Waals surface area contributed by atoms with Gasteiger partial charge in [-0.2, -0.15) is 4.31 Å². The summed E-state index contributed by atoms with van der Waals surface area (Å²) in [6, 6.07) is 6.42. The number of benzene rings is 1. The summed E-state index contributed by atoms with van der Waals surface area (Å²) in [5, 5.41) is 8.11. The molecule has 0 unspecified atom stereocenters. The second-order valence-electron chi connectivity index (χ2n) is 6.15. The lowest BCUT2D eigenvalue weighted by Gasteiger charge is -2.34. The molecule has 2 aromatic heterocycles. The van der Waals surface area contributed by atoms with Crippen LogP contribution in [0, 0.1) is 0 Å². The predicted molar refractivity (Wildman–Crippen MR) is 98.1 cm³/mol. The van der Waals surface area contributed by atoms with Crippen LogP contribution in [0.25, 0.3) is 11.2 Å². The number of anilines is 1. The summed E-state index contributed by atoms with van der Waals surface area (Å²) < 4.78 is 33.9. The van der Waals surface area contributed by atoms with E-state index in [0.717, 1.165) is 0 Å². The zero-order chi connectivity index (χ0) is 19.0. The number of ether oxygens (including phenoxy) is 1. The number of methoxy groups -OCH3 is 1. The highest BCUT2D eigenvalue weighted by atomic mass is 32.2. The summed E-state index contributed by atoms with van der Waals surface area (Å²) in [4.78, 5) is 10.8. The third-order valence-corrected chi connectivity index (χ3v) is 6.52. The number of aryl methyl sites for hydroxylation is 1. The van der Waals surface area contributed by atoms with Gasteiger partial charge in [-0.1, -0.05) is 5.21 Å². The van der Waals surface area contributed by atoms with E-state index in [4.69, 9.17) is 4.74 Å². The van der Waals surface area contributed by atoms with Crippen molar-refractivity contribution in [2.75, 3.05) is 38.2 Å². The molecule has 0 N–H and O–H groups in total. The van der Waals surface area contributed by atoms with Crippen LogP contribution >= 0.6 is 0 Å². The van der Waals surface area contributed by atoms with Crippen molar-refractivity contribution in [2.24, 2.45) is 7.05 Å². The minimum absolute atomic E-state index is 0.259. The average molecular weight is 389 g/mol. The highest BCUT2D eigenvalue weighted by Gasteiger charge is 2.30. The van der Waals surface area contributed by atoms with E-state index in [1.807, 2.05) is 4.90 Å². The topological polar surface area (TPSA) is 106 Å². The van der Waals surface area contributed by atoms with E-state index in [-0.39, 0.29) is 4.90 Å². The fourth-order valence-electron chi connectivity index (χ4n) is 3.11. The number of nitrogens with zero attached hydrogens (tertiary/aromatic N) is 7. The minimum Gasteiger partial charge on any atom is -0.497 e. The molecular formula is C16H19N7O3S. The van der Waals surface area contributed by atoms with Gasteiger partial charge in [0.15, 0.2) is 17.0 Å². The van der Waals surface area contributed by atoms with E-state index in [2.05, 4.69) is 20.3 Å². The summed E-state index contributed by atoms with van der Waals surface area (Å²) >= 11 is 0. The lowest BCUT2D eigenvalue weighted by Crippen LogP contribution is -2.49. The van der Waals surface area contributed by atoms with Gasteiger partial charge in [-0.15, -0.1) is 5.10 Å². The molecule has 1 saturated heterocycles. The van der Waals surface area contributed by atoms with Crippen LogP contribution in [0.4, 0.5) is 5.82 Å². The van der Waals surface area contributed by atoms with Crippen LogP contribution in [0.15, 0.2) is 35.5 Å². The molecule has 3 aromatic rings. The van der Waals surface area contributed by atoms with Crippen molar-refractivity contribution in [2.45, 2.75) is 4.90 Å². The maximum atomic E-state index is 12.9. The molecule has 1 aliphatic rings. The smallest absolute Gasteiger partial charge is 0.243 e. The molecule has 1 aliphatic heterocycles. The van der Waals surface area contributed by atoms with Crippen molar-refractivity contribution in [3.63, 3.8) is 0 Å². The molecule has 1 aromatic carbocycles. The van der Waals surface area contributed by atoms with E-state index in [0.29, 0.717) is 48.9 Å². The van der Waals surface area contributed by atoms with Crippen molar-refractivity contribution < 1.29 is 13.2 Å². The number of hydrogen-bond donors (Lipinski definition) is 0. The van der Waals surface area contributed by atoms with Crippen LogP contribution in [0.5, 0.6) is 5.75 Å². The molecule has 0 saturated carbocycles. The number of sulfonamides is 1. The Hall–Kier alpha value is -2.79. The first-order valence-corrected chi connectivity index (χ1v) is 9.84. The summed E-state index contributed by atoms with van der Waals surface area (Å²) in [5.41, 5.74) is 1.26. The van der Waals surface area contributed by atoms with Gasteiger partial charge in [-0.3, -0.25) is 0 Å². The Balaban J connectivity index is 1.52. The number of fused-ring (bicyclic) bond motifs is 1. The summed E-state index contributed by atoms with van der Waals surface area (Å²) in [7, 11) is -0.230. The van der Waals surface area contributed by atoms with Crippen molar-refractivity contribution in [1.29, 1.82) is 0 Å². The third-order valence-electron chi connectivity index (χ3n) is 4.60. The second kappa shape index (κ2) is 6.74. The van der Waals surface area contributed by atoms with Crippen LogP contribution in [-0.4, -0.2) is 71.0 Å². The van der Waals surface area contributed by atoms with Gasteiger partial charge in [0.05, 0.1) is 12.0 Å². The molecule has 1 fully saturated rings. The van der Waals surface area contributed by atoms with Crippen LogP contribution in [-0.2, 0) is 17.1 Å². The van der Waals surface area contributed by atoms with Gasteiger partial charge < -0.3 is 9.64 Å². The van der Waals surface area contributed by atoms with Gasteiger partial charge in [-0.05, 0) is 24.3 Å². The van der Waals surface area contributed by atoms with Crippen LogP contribution in [0.2, 0.25) is 0 Å². The molecule has 3 heterocycles. The molecule has 142 valence electrons. The first-order valence-electron chi connectivity index (χ1n) is 8.40. The van der Waals surface area contributed by atoms with Gasteiger partial charge >= 0.3 is 0 Å². The van der Waals surface area contributed by atoms with Gasteiger partial charge in [-0.25, -0.2) is 23.1 Å². The lowest BCUT2D eigenvalue weighted by atomic mass is 10.3. The Kier molecular flexibility index (Phi) is 4.40. The molecule has 27 heavy (non-hydrogen) atoms. The first-order chi connectivity index (χ1) is 13.0. The number of rotatable bonds is 4. The number of aromatic nitrogens is 5. The third kappa shape index (κ3) is 3.08. The van der Waals surface area contributed by atoms with Gasteiger partial charge in [0.1, 0.15) is 12.1 Å². The molecule has 0 atom stereocenters. The van der Waals surface area contributed by atoms with E-state index in [9.17, 15) is 8.42 Å². The Morgan fingerprint density at radius 1 is 1.04 bits per heavy atom. The standard InChI is InChI=1S/C16H19N7O3S/c1-21-15-14(19-20-21)16(18-11-17-15)22-7-9-23(10-8-22)27(24,25)13-5-3-12(26-2)4-6-13/h3-6,11H,7-10H2,1-2H3. The Morgan fingerprint density at radius 2 is 1.74 bits per heavy atom. The Labute approximate surface area is 156 Å². The van der Waals surface area contributed by atoms with Gasteiger partial charge in [0.25, 0.3) is 0 Å². The lowest BCUT2D eigenvalue weighted by molar-refractivity contribution is 0.384. The van der Waals surface area contributed by atoms with Crippen molar-refractivity contribution in [1.82, 2.24) is 29.3 Å². The summed E-state index contributed by atoms with van der Waals surface area (Å²) in [5.74, 6) is 1.30. The number of hydrogen-bond acceptors (Lipinski definition) is 8. The highest BCUT2D eigenvalue weighted by molar-refractivity contribution is 7.89. The highest BCUT2D eigenvalue weighted by Crippen LogP contribution is 2.24. The van der Waals surface area contributed by atoms with Crippen molar-refractivity contribution >= 4 is 27.0 Å². The predicted octanol–water partition coefficient (Wildman–Crippen LogP) is 0.278. The Morgan fingerprint density at radius 3 is 2.41 bits per heavy atom. The Bertz CT molecular complexity index is 1060. The molecule has 0 aliphatic carbocycles. The minimum atomic E-state index is -3.54. The normalized spacial score (nSPS) is 16.0. The molecule has 10 nitrogen and oxygen atoms in total. The first kappa shape index (κ1) is 17.6. The number of piperazine rings is 1. The average Bonchev–Trinajstić information content (AvgIpc) is 3.09. The molecule has 0 bridgehead atoms. The van der Waals surface area contributed by atoms with E-state index in [1.54, 1.807) is 43.1 Å². The summed E-state index contributed by atoms with van der Waals surface area (Å²) in [6.45, 7) is 1.75. The fraction of sp³-hybridized carbons (Fsp3) is 0.375.